The molecule has 0 radical (unpaired) electrons. The number of nitrogens with zero attached hydrogens (tertiary/aromatic N) is 2. The fourth-order valence-electron chi connectivity index (χ4n) is 3.04. The summed E-state index contributed by atoms with van der Waals surface area (Å²) in [5, 5.41) is 6.32. The first kappa shape index (κ1) is 21.6. The first-order chi connectivity index (χ1) is 16.1. The van der Waals surface area contributed by atoms with Gasteiger partial charge in [-0.05, 0) is 61.5 Å². The van der Waals surface area contributed by atoms with Crippen LogP contribution in [-0.2, 0) is 4.74 Å². The molecule has 0 saturated carbocycles. The van der Waals surface area contributed by atoms with Gasteiger partial charge in [0.25, 0.3) is 0 Å². The van der Waals surface area contributed by atoms with E-state index in [9.17, 15) is 4.79 Å². The molecule has 0 aliphatic heterocycles. The van der Waals surface area contributed by atoms with Crippen LogP contribution < -0.4 is 21.1 Å². The minimum Gasteiger partial charge on any atom is -0.462 e. The van der Waals surface area contributed by atoms with E-state index in [0.29, 0.717) is 40.9 Å². The van der Waals surface area contributed by atoms with Crippen molar-refractivity contribution >= 4 is 34.7 Å². The van der Waals surface area contributed by atoms with Crippen molar-refractivity contribution in [3.63, 3.8) is 0 Å². The van der Waals surface area contributed by atoms with E-state index in [2.05, 4.69) is 20.6 Å². The average molecular weight is 441 g/mol. The van der Waals surface area contributed by atoms with Gasteiger partial charge in [-0.2, -0.15) is 0 Å². The number of rotatable bonds is 8. The number of nitrogen functional groups attached to an aromatic ring is 1. The van der Waals surface area contributed by atoms with Gasteiger partial charge in [0.2, 0.25) is 0 Å². The summed E-state index contributed by atoms with van der Waals surface area (Å²) in [5.41, 5.74) is 8.50. The number of hydrogen-bond donors (Lipinski definition) is 3. The zero-order valence-corrected chi connectivity index (χ0v) is 18.0. The lowest BCUT2D eigenvalue weighted by atomic mass is 10.2. The van der Waals surface area contributed by atoms with Crippen molar-refractivity contribution in [1.82, 2.24) is 9.97 Å². The molecule has 0 saturated heterocycles. The van der Waals surface area contributed by atoms with Gasteiger partial charge in [-0.1, -0.05) is 24.3 Å². The van der Waals surface area contributed by atoms with Crippen LogP contribution in [0.25, 0.3) is 0 Å². The Balaban J connectivity index is 1.46. The van der Waals surface area contributed by atoms with Crippen molar-refractivity contribution in [2.45, 2.75) is 6.92 Å². The Kier molecular flexibility index (Phi) is 6.65. The van der Waals surface area contributed by atoms with Gasteiger partial charge in [-0.3, -0.25) is 0 Å². The van der Waals surface area contributed by atoms with Crippen molar-refractivity contribution in [1.29, 1.82) is 0 Å². The summed E-state index contributed by atoms with van der Waals surface area (Å²) in [4.78, 5) is 20.4. The lowest BCUT2D eigenvalue weighted by Crippen LogP contribution is -2.07. The lowest BCUT2D eigenvalue weighted by Gasteiger charge is -2.13. The molecule has 0 fully saturated rings. The molecule has 8 heteroatoms. The molecule has 0 bridgehead atoms. The van der Waals surface area contributed by atoms with Crippen LogP contribution >= 0.6 is 0 Å². The van der Waals surface area contributed by atoms with Gasteiger partial charge >= 0.3 is 5.97 Å². The van der Waals surface area contributed by atoms with Gasteiger partial charge in [0.05, 0.1) is 12.2 Å². The van der Waals surface area contributed by atoms with E-state index in [4.69, 9.17) is 15.2 Å². The second-order valence-electron chi connectivity index (χ2n) is 6.98. The van der Waals surface area contributed by atoms with Crippen LogP contribution in [0.2, 0.25) is 0 Å². The molecule has 3 aromatic carbocycles. The molecule has 0 atom stereocenters. The fraction of sp³-hybridized carbons (Fsp3) is 0.0800. The summed E-state index contributed by atoms with van der Waals surface area (Å²) in [6.07, 6.45) is 1.41. The molecule has 1 heterocycles. The van der Waals surface area contributed by atoms with Gasteiger partial charge in [0, 0.05) is 11.4 Å². The van der Waals surface area contributed by atoms with Gasteiger partial charge in [0.15, 0.2) is 11.6 Å². The van der Waals surface area contributed by atoms with Crippen molar-refractivity contribution < 1.29 is 14.3 Å². The third-order valence-corrected chi connectivity index (χ3v) is 4.62. The van der Waals surface area contributed by atoms with E-state index in [-0.39, 0.29) is 5.97 Å². The maximum absolute atomic E-state index is 12.0. The number of nitrogens with two attached hydrogens (primary N) is 1. The third kappa shape index (κ3) is 5.56. The Morgan fingerprint density at radius 3 is 2.21 bits per heavy atom. The topological polar surface area (TPSA) is 111 Å². The Hall–Kier alpha value is -4.59. The predicted octanol–water partition coefficient (Wildman–Crippen LogP) is 5.52. The summed E-state index contributed by atoms with van der Waals surface area (Å²) < 4.78 is 10.9. The third-order valence-electron chi connectivity index (χ3n) is 4.62. The zero-order valence-electron chi connectivity index (χ0n) is 18.0. The molecular weight excluding hydrogens is 418 g/mol. The monoisotopic (exact) mass is 441 g/mol. The Labute approximate surface area is 191 Å². The molecule has 8 nitrogen and oxygen atoms in total. The lowest BCUT2D eigenvalue weighted by molar-refractivity contribution is 0.0526. The van der Waals surface area contributed by atoms with E-state index in [1.54, 1.807) is 25.1 Å². The number of ether oxygens (including phenoxy) is 2. The highest BCUT2D eigenvalue weighted by atomic mass is 16.5. The van der Waals surface area contributed by atoms with Crippen LogP contribution in [0, 0.1) is 0 Å². The fourth-order valence-corrected chi connectivity index (χ4v) is 3.04. The van der Waals surface area contributed by atoms with E-state index < -0.39 is 0 Å². The maximum Gasteiger partial charge on any atom is 0.338 e. The standard InChI is InChI=1S/C25H23N5O3/c1-2-32-25(31)17-7-6-8-19(15-17)30-24-22(26)23(27-16-28-24)29-18-11-13-21(14-12-18)33-20-9-4-3-5-10-20/h3-16H,2,26H2,1H3,(H2,27,28,29,30). The van der Waals surface area contributed by atoms with Crippen LogP contribution in [0.15, 0.2) is 85.2 Å². The molecule has 0 unspecified atom stereocenters. The van der Waals surface area contributed by atoms with E-state index in [1.165, 1.54) is 6.33 Å². The highest BCUT2D eigenvalue weighted by Crippen LogP contribution is 2.29. The van der Waals surface area contributed by atoms with Gasteiger partial charge < -0.3 is 25.8 Å². The quantitative estimate of drug-likeness (QED) is 0.307. The molecule has 4 N–H and O–H groups in total. The molecular formula is C25H23N5O3. The van der Waals surface area contributed by atoms with Crippen molar-refractivity contribution in [2.24, 2.45) is 0 Å². The number of aromatic nitrogens is 2. The number of carbonyl (C=O) groups excluding carboxylic acids is 1. The molecule has 1 aromatic heterocycles. The minimum absolute atomic E-state index is 0.309. The molecule has 166 valence electrons. The minimum atomic E-state index is -0.390. The predicted molar refractivity (Wildman–Crippen MR) is 128 cm³/mol. The molecule has 0 spiro atoms. The number of para-hydroxylation sites is 1. The molecule has 0 amide bonds. The number of esters is 1. The smallest absolute Gasteiger partial charge is 0.338 e. The van der Waals surface area contributed by atoms with Crippen molar-refractivity contribution in [3.8, 4) is 11.5 Å². The molecule has 0 aliphatic carbocycles. The van der Waals surface area contributed by atoms with E-state index in [0.717, 1.165) is 11.4 Å². The highest BCUT2D eigenvalue weighted by Gasteiger charge is 2.11. The summed E-state index contributed by atoms with van der Waals surface area (Å²) in [6.45, 7) is 2.07. The molecule has 0 aliphatic rings. The van der Waals surface area contributed by atoms with Gasteiger partial charge in [-0.25, -0.2) is 14.8 Å². The number of benzene rings is 3. The molecule has 4 rings (SSSR count). The second-order valence-corrected chi connectivity index (χ2v) is 6.98. The first-order valence-corrected chi connectivity index (χ1v) is 10.4. The van der Waals surface area contributed by atoms with Crippen LogP contribution in [0.1, 0.15) is 17.3 Å². The number of nitrogens with one attached hydrogen (secondary N) is 2. The number of carbonyl (C=O) groups is 1. The largest absolute Gasteiger partial charge is 0.462 e. The van der Waals surface area contributed by atoms with Crippen molar-refractivity contribution in [2.75, 3.05) is 23.0 Å². The summed E-state index contributed by atoms with van der Waals surface area (Å²) in [6, 6.07) is 23.9. The molecule has 4 aromatic rings. The van der Waals surface area contributed by atoms with E-state index >= 15 is 0 Å². The maximum atomic E-state index is 12.0. The summed E-state index contributed by atoms with van der Waals surface area (Å²) in [5.74, 6) is 1.95. The summed E-state index contributed by atoms with van der Waals surface area (Å²) >= 11 is 0. The number of anilines is 5. The highest BCUT2D eigenvalue weighted by molar-refractivity contribution is 5.91. The van der Waals surface area contributed by atoms with Crippen LogP contribution in [-0.4, -0.2) is 22.5 Å². The zero-order chi connectivity index (χ0) is 23.0. The SMILES string of the molecule is CCOC(=O)c1cccc(Nc2ncnc(Nc3ccc(Oc4ccccc4)cc3)c2N)c1. The molecule has 33 heavy (non-hydrogen) atoms. The Bertz CT molecular complexity index is 1230. The number of hydrogen-bond acceptors (Lipinski definition) is 8. The first-order valence-electron chi connectivity index (χ1n) is 10.4. The van der Waals surface area contributed by atoms with E-state index in [1.807, 2.05) is 60.7 Å². The normalized spacial score (nSPS) is 10.3. The van der Waals surface area contributed by atoms with Crippen molar-refractivity contribution in [3.05, 3.63) is 90.8 Å². The van der Waals surface area contributed by atoms with Crippen LogP contribution in [0.4, 0.5) is 28.7 Å². The van der Waals surface area contributed by atoms with Crippen LogP contribution in [0.5, 0.6) is 11.5 Å². The van der Waals surface area contributed by atoms with Crippen LogP contribution in [0.3, 0.4) is 0 Å². The van der Waals surface area contributed by atoms with Gasteiger partial charge in [-0.15, -0.1) is 0 Å². The Morgan fingerprint density at radius 2 is 1.52 bits per heavy atom. The Morgan fingerprint density at radius 1 is 0.848 bits per heavy atom. The summed E-state index contributed by atoms with van der Waals surface area (Å²) in [7, 11) is 0. The average Bonchev–Trinajstić information content (AvgIpc) is 2.84. The second kappa shape index (κ2) is 10.1. The van der Waals surface area contributed by atoms with Gasteiger partial charge in [0.1, 0.15) is 23.5 Å².